The van der Waals surface area contributed by atoms with E-state index >= 15 is 0 Å². The lowest BCUT2D eigenvalue weighted by molar-refractivity contribution is 0.641. The van der Waals surface area contributed by atoms with Crippen molar-refractivity contribution < 1.29 is 0 Å². The third kappa shape index (κ3) is 2.51. The van der Waals surface area contributed by atoms with E-state index in [1.165, 1.54) is 0 Å². The fourth-order valence-corrected chi connectivity index (χ4v) is 2.05. The van der Waals surface area contributed by atoms with Gasteiger partial charge in [-0.05, 0) is 18.1 Å². The van der Waals surface area contributed by atoms with Gasteiger partial charge < -0.3 is 10.3 Å². The topological polar surface area (TPSA) is 48.0 Å². The molecule has 0 bridgehead atoms. The van der Waals surface area contributed by atoms with Crippen molar-refractivity contribution in [1.82, 2.24) is 4.57 Å². The number of hydrogen-bond acceptors (Lipinski definition) is 2. The first kappa shape index (κ1) is 12.6. The minimum absolute atomic E-state index is 0.00991. The summed E-state index contributed by atoms with van der Waals surface area (Å²) >= 11 is 0. The van der Waals surface area contributed by atoms with Gasteiger partial charge >= 0.3 is 0 Å². The lowest BCUT2D eigenvalue weighted by atomic mass is 10.0. The molecule has 1 aromatic carbocycles. The lowest BCUT2D eigenvalue weighted by Crippen LogP contribution is -2.28. The van der Waals surface area contributed by atoms with Crippen LogP contribution in [0.25, 0.3) is 0 Å². The Bertz CT molecular complexity index is 560. The highest BCUT2D eigenvalue weighted by Gasteiger charge is 2.13. The van der Waals surface area contributed by atoms with Crippen LogP contribution in [-0.4, -0.2) is 4.57 Å². The van der Waals surface area contributed by atoms with Gasteiger partial charge in [-0.3, -0.25) is 4.79 Å². The average Bonchev–Trinajstić information content (AvgIpc) is 2.42. The molecule has 1 heterocycles. The smallest absolute Gasteiger partial charge is 0.255 e. The molecule has 1 atom stereocenters. The van der Waals surface area contributed by atoms with Gasteiger partial charge in [0.2, 0.25) is 0 Å². The number of hydrogen-bond donors (Lipinski definition) is 1. The predicted octanol–water partition coefficient (Wildman–Crippen LogP) is 2.31. The molecule has 0 saturated carbocycles. The quantitative estimate of drug-likeness (QED) is 0.894. The van der Waals surface area contributed by atoms with Gasteiger partial charge in [0, 0.05) is 18.3 Å². The normalized spacial score (nSPS) is 12.3. The maximum absolute atomic E-state index is 12.3. The van der Waals surface area contributed by atoms with Crippen LogP contribution in [-0.2, 0) is 6.54 Å². The van der Waals surface area contributed by atoms with E-state index in [2.05, 4.69) is 6.92 Å². The van der Waals surface area contributed by atoms with Crippen LogP contribution >= 0.6 is 0 Å². The van der Waals surface area contributed by atoms with E-state index in [4.69, 9.17) is 5.73 Å². The van der Waals surface area contributed by atoms with Gasteiger partial charge in [-0.2, -0.15) is 0 Å². The number of nitrogens with zero attached hydrogens (tertiary/aromatic N) is 1. The van der Waals surface area contributed by atoms with Crippen molar-refractivity contribution in [3.63, 3.8) is 0 Å². The van der Waals surface area contributed by atoms with Crippen molar-refractivity contribution in [3.05, 3.63) is 70.1 Å². The van der Waals surface area contributed by atoms with Gasteiger partial charge in [0.05, 0.1) is 6.04 Å². The summed E-state index contributed by atoms with van der Waals surface area (Å²) in [6, 6.07) is 13.0. The Morgan fingerprint density at radius 2 is 1.89 bits per heavy atom. The Morgan fingerprint density at radius 1 is 1.17 bits per heavy atom. The number of aryl methyl sites for hydroxylation is 1. The Hall–Kier alpha value is -1.87. The summed E-state index contributed by atoms with van der Waals surface area (Å²) in [5.74, 6) is 0. The molecule has 3 nitrogen and oxygen atoms in total. The number of benzene rings is 1. The monoisotopic (exact) mass is 242 g/mol. The van der Waals surface area contributed by atoms with E-state index in [9.17, 15) is 4.79 Å². The fraction of sp³-hybridized carbons (Fsp3) is 0.267. The van der Waals surface area contributed by atoms with Gasteiger partial charge in [-0.1, -0.05) is 43.3 Å². The van der Waals surface area contributed by atoms with E-state index in [0.717, 1.165) is 18.5 Å². The maximum Gasteiger partial charge on any atom is 0.255 e. The lowest BCUT2D eigenvalue weighted by Gasteiger charge is -2.13. The standard InChI is InChI=1S/C15H18N2O/c1-2-10-17-11-6-9-13(15(17)18)14(16)12-7-4-3-5-8-12/h3-9,11,14H,2,10,16H2,1H3. The number of aromatic nitrogens is 1. The highest BCUT2D eigenvalue weighted by molar-refractivity contribution is 5.29. The second kappa shape index (κ2) is 5.65. The first-order valence-electron chi connectivity index (χ1n) is 6.24. The van der Waals surface area contributed by atoms with Gasteiger partial charge in [0.25, 0.3) is 5.56 Å². The molecule has 0 saturated heterocycles. The summed E-state index contributed by atoms with van der Waals surface area (Å²) in [4.78, 5) is 12.3. The third-order valence-electron chi connectivity index (χ3n) is 3.01. The molecule has 0 spiro atoms. The fourth-order valence-electron chi connectivity index (χ4n) is 2.05. The minimum atomic E-state index is -0.358. The highest BCUT2D eigenvalue weighted by atomic mass is 16.1. The van der Waals surface area contributed by atoms with E-state index in [-0.39, 0.29) is 11.6 Å². The van der Waals surface area contributed by atoms with Crippen LogP contribution in [0.15, 0.2) is 53.5 Å². The van der Waals surface area contributed by atoms with Crippen LogP contribution in [0, 0.1) is 0 Å². The summed E-state index contributed by atoms with van der Waals surface area (Å²) in [7, 11) is 0. The largest absolute Gasteiger partial charge is 0.320 e. The molecule has 1 aromatic heterocycles. The van der Waals surface area contributed by atoms with Crippen LogP contribution < -0.4 is 11.3 Å². The number of pyridine rings is 1. The molecule has 0 aliphatic heterocycles. The summed E-state index contributed by atoms with van der Waals surface area (Å²) in [5.41, 5.74) is 7.79. The Balaban J connectivity index is 2.40. The van der Waals surface area contributed by atoms with Crippen LogP contribution in [0.4, 0.5) is 0 Å². The molecule has 0 amide bonds. The second-order valence-electron chi connectivity index (χ2n) is 4.35. The average molecular weight is 242 g/mol. The van der Waals surface area contributed by atoms with Crippen LogP contribution in [0.3, 0.4) is 0 Å². The van der Waals surface area contributed by atoms with Crippen molar-refractivity contribution >= 4 is 0 Å². The van der Waals surface area contributed by atoms with Crippen molar-refractivity contribution in [2.75, 3.05) is 0 Å². The molecule has 0 aliphatic rings. The molecule has 0 aliphatic carbocycles. The maximum atomic E-state index is 12.3. The molecule has 2 N–H and O–H groups in total. The van der Waals surface area contributed by atoms with Crippen molar-refractivity contribution in [2.24, 2.45) is 5.73 Å². The van der Waals surface area contributed by atoms with Gasteiger partial charge in [-0.25, -0.2) is 0 Å². The first-order valence-corrected chi connectivity index (χ1v) is 6.24. The zero-order chi connectivity index (χ0) is 13.0. The van der Waals surface area contributed by atoms with Crippen LogP contribution in [0.1, 0.15) is 30.5 Å². The highest BCUT2D eigenvalue weighted by Crippen LogP contribution is 2.15. The Labute approximate surface area is 107 Å². The molecule has 2 rings (SSSR count). The van der Waals surface area contributed by atoms with Crippen molar-refractivity contribution in [2.45, 2.75) is 25.9 Å². The zero-order valence-electron chi connectivity index (χ0n) is 10.5. The summed E-state index contributed by atoms with van der Waals surface area (Å²) in [6.45, 7) is 2.78. The van der Waals surface area contributed by atoms with Crippen LogP contribution in [0.5, 0.6) is 0 Å². The number of rotatable bonds is 4. The number of nitrogens with two attached hydrogens (primary N) is 1. The summed E-state index contributed by atoms with van der Waals surface area (Å²) < 4.78 is 1.72. The van der Waals surface area contributed by atoms with E-state index in [1.807, 2.05) is 48.7 Å². The zero-order valence-corrected chi connectivity index (χ0v) is 10.5. The van der Waals surface area contributed by atoms with Gasteiger partial charge in [0.15, 0.2) is 0 Å². The third-order valence-corrected chi connectivity index (χ3v) is 3.01. The van der Waals surface area contributed by atoms with E-state index < -0.39 is 0 Å². The first-order chi connectivity index (χ1) is 8.74. The molecule has 94 valence electrons. The van der Waals surface area contributed by atoms with Gasteiger partial charge in [-0.15, -0.1) is 0 Å². The predicted molar refractivity (Wildman–Crippen MR) is 73.5 cm³/mol. The molecular formula is C15H18N2O. The molecular weight excluding hydrogens is 224 g/mol. The van der Waals surface area contributed by atoms with Crippen molar-refractivity contribution in [3.8, 4) is 0 Å². The molecule has 1 unspecified atom stereocenters. The van der Waals surface area contributed by atoms with Crippen molar-refractivity contribution in [1.29, 1.82) is 0 Å². The SMILES string of the molecule is CCCn1cccc(C(N)c2ccccc2)c1=O. The second-order valence-corrected chi connectivity index (χ2v) is 4.35. The molecule has 0 fully saturated rings. The van der Waals surface area contributed by atoms with Crippen LogP contribution in [0.2, 0.25) is 0 Å². The van der Waals surface area contributed by atoms with Gasteiger partial charge in [0.1, 0.15) is 0 Å². The minimum Gasteiger partial charge on any atom is -0.320 e. The Morgan fingerprint density at radius 3 is 2.56 bits per heavy atom. The molecule has 2 aromatic rings. The molecule has 18 heavy (non-hydrogen) atoms. The summed E-state index contributed by atoms with van der Waals surface area (Å²) in [5, 5.41) is 0. The molecule has 0 radical (unpaired) electrons. The molecule has 3 heteroatoms. The summed E-state index contributed by atoms with van der Waals surface area (Å²) in [6.07, 6.45) is 2.75. The van der Waals surface area contributed by atoms with E-state index in [0.29, 0.717) is 5.56 Å². The van der Waals surface area contributed by atoms with E-state index in [1.54, 1.807) is 4.57 Å². The Kier molecular flexibility index (Phi) is 3.95.